The minimum atomic E-state index is -0.892. The molecule has 0 amide bonds. The number of hydrogen-bond acceptors (Lipinski definition) is 12. The molecule has 0 saturated carbocycles. The lowest BCUT2D eigenvalue weighted by atomic mass is 10.2. The minimum absolute atomic E-state index is 0.00586. The molecule has 3 rings (SSSR count). The van der Waals surface area contributed by atoms with Crippen LogP contribution in [0.4, 0.5) is 0 Å². The molecule has 218 valence electrons. The second kappa shape index (κ2) is 18.4. The Labute approximate surface area is 249 Å². The highest BCUT2D eigenvalue weighted by Crippen LogP contribution is 2.31. The van der Waals surface area contributed by atoms with Crippen LogP contribution in [0.2, 0.25) is 0 Å². The molecule has 3 aromatic rings. The number of ether oxygens (including phenoxy) is 3. The van der Waals surface area contributed by atoms with E-state index >= 15 is 0 Å². The summed E-state index contributed by atoms with van der Waals surface area (Å²) in [6.45, 7) is 3.96. The molecule has 10 nitrogen and oxygen atoms in total. The van der Waals surface area contributed by atoms with Gasteiger partial charge in [-0.05, 0) is 74.7 Å². The number of para-hydroxylation sites is 1. The van der Waals surface area contributed by atoms with Crippen molar-refractivity contribution in [1.82, 2.24) is 0 Å². The predicted octanol–water partition coefficient (Wildman–Crippen LogP) is 7.22. The minimum Gasteiger partial charge on any atom is -0.466 e. The average Bonchev–Trinajstić information content (AvgIpc) is 3.40. The largest absolute Gasteiger partial charge is 0.466 e. The van der Waals surface area contributed by atoms with Gasteiger partial charge in [-0.3, -0.25) is 9.59 Å². The van der Waals surface area contributed by atoms with E-state index in [9.17, 15) is 24.5 Å². The van der Waals surface area contributed by atoms with Crippen LogP contribution in [0.5, 0.6) is 11.5 Å². The molecule has 0 spiro atoms. The van der Waals surface area contributed by atoms with Gasteiger partial charge in [0, 0.05) is 4.88 Å². The first kappa shape index (κ1) is 33.3. The van der Waals surface area contributed by atoms with Gasteiger partial charge in [0.15, 0.2) is 0 Å². The molecular weight excluding hydrogens is 591 g/mol. The summed E-state index contributed by atoms with van der Waals surface area (Å²) in [5, 5.41) is 9.15. The summed E-state index contributed by atoms with van der Waals surface area (Å²) in [7, 11) is 3.08. The molecular formula is C28H29NO9S3. The van der Waals surface area contributed by atoms with E-state index in [0.29, 0.717) is 18.6 Å². The van der Waals surface area contributed by atoms with Gasteiger partial charge in [-0.1, -0.05) is 57.2 Å². The molecule has 13 heteroatoms. The maximum Gasteiger partial charge on any atom is 0.347 e. The van der Waals surface area contributed by atoms with Crippen LogP contribution >= 0.6 is 32.9 Å². The highest BCUT2D eigenvalue weighted by molar-refractivity contribution is 7.80. The van der Waals surface area contributed by atoms with Crippen LogP contribution in [0.25, 0.3) is 10.4 Å². The summed E-state index contributed by atoms with van der Waals surface area (Å²) >= 11 is 5.16. The third-order valence-corrected chi connectivity index (χ3v) is 7.92. The van der Waals surface area contributed by atoms with Crippen molar-refractivity contribution in [1.29, 1.82) is 0 Å². The summed E-state index contributed by atoms with van der Waals surface area (Å²) < 4.78 is 16.5. The van der Waals surface area contributed by atoms with E-state index in [1.165, 1.54) is 22.5 Å². The fraction of sp³-hybridized carbons (Fsp3) is 0.286. The fourth-order valence-electron chi connectivity index (χ4n) is 2.93. The predicted molar refractivity (Wildman–Crippen MR) is 158 cm³/mol. The number of allylic oxidation sites excluding steroid dienone is 2. The van der Waals surface area contributed by atoms with Gasteiger partial charge < -0.3 is 19.0 Å². The van der Waals surface area contributed by atoms with Crippen LogP contribution in [0.1, 0.15) is 49.9 Å². The van der Waals surface area contributed by atoms with Crippen molar-refractivity contribution in [2.75, 3.05) is 13.2 Å². The van der Waals surface area contributed by atoms with Gasteiger partial charge in [-0.15, -0.1) is 10.1 Å². The van der Waals surface area contributed by atoms with Crippen LogP contribution in [-0.2, 0) is 19.2 Å². The summed E-state index contributed by atoms with van der Waals surface area (Å²) in [5.41, 5.74) is 1.00. The normalized spacial score (nSPS) is 10.3. The van der Waals surface area contributed by atoms with Crippen LogP contribution in [-0.4, -0.2) is 36.2 Å². The fourth-order valence-corrected chi connectivity index (χ4v) is 5.33. The lowest BCUT2D eigenvalue weighted by molar-refractivity contribution is -0.757. The van der Waals surface area contributed by atoms with Crippen molar-refractivity contribution in [2.24, 2.45) is 0 Å². The number of esters is 3. The number of benzene rings is 2. The molecule has 1 heterocycles. The van der Waals surface area contributed by atoms with E-state index in [1.807, 2.05) is 44.2 Å². The number of carbonyl (C=O) groups is 3. The Hall–Kier alpha value is -3.94. The number of rotatable bonds is 13. The molecule has 0 aliphatic heterocycles. The second-order valence-corrected chi connectivity index (χ2v) is 10.9. The summed E-state index contributed by atoms with van der Waals surface area (Å²) in [6, 6.07) is 15.0. The van der Waals surface area contributed by atoms with Crippen molar-refractivity contribution >= 4 is 50.8 Å². The Morgan fingerprint density at radius 1 is 0.902 bits per heavy atom. The van der Waals surface area contributed by atoms with Crippen LogP contribution < -0.4 is 9.47 Å². The van der Waals surface area contributed by atoms with Crippen molar-refractivity contribution in [2.45, 2.75) is 39.5 Å². The molecule has 1 aromatic heterocycles. The zero-order valence-corrected chi connectivity index (χ0v) is 24.9. The highest BCUT2D eigenvalue weighted by Gasteiger charge is 2.18. The van der Waals surface area contributed by atoms with E-state index in [0.717, 1.165) is 14.3 Å². The third kappa shape index (κ3) is 12.8. The highest BCUT2D eigenvalue weighted by atomic mass is 32.9. The molecule has 0 aliphatic carbocycles. The number of unbranched alkanes of at least 4 members (excludes halogenated alkanes) is 1. The SMILES string of the molecule is C/C=C\C.O=C(CCC(=O)Oc1ccccc1C(=O)Oc1ccc(-c2cc(=S)ss2)cc1)OCCCCO[N+](=O)[O-]. The van der Waals surface area contributed by atoms with Gasteiger partial charge in [0.05, 0.1) is 26.1 Å². The monoisotopic (exact) mass is 619 g/mol. The molecule has 0 bridgehead atoms. The Morgan fingerprint density at radius 3 is 2.20 bits per heavy atom. The molecule has 0 fully saturated rings. The van der Waals surface area contributed by atoms with Crippen LogP contribution in [0.15, 0.2) is 66.7 Å². The first-order chi connectivity index (χ1) is 19.7. The van der Waals surface area contributed by atoms with Gasteiger partial charge in [-0.25, -0.2) is 4.79 Å². The maximum atomic E-state index is 12.7. The summed E-state index contributed by atoms with van der Waals surface area (Å²) in [6.07, 6.45) is 4.25. The average molecular weight is 620 g/mol. The van der Waals surface area contributed by atoms with E-state index < -0.39 is 23.0 Å². The van der Waals surface area contributed by atoms with Crippen LogP contribution in [0, 0.1) is 13.9 Å². The zero-order chi connectivity index (χ0) is 30.0. The Balaban J connectivity index is 0.00000138. The van der Waals surface area contributed by atoms with E-state index in [2.05, 4.69) is 4.84 Å². The van der Waals surface area contributed by atoms with E-state index in [4.69, 9.17) is 26.4 Å². The lowest BCUT2D eigenvalue weighted by Gasteiger charge is -2.10. The molecule has 0 aliphatic rings. The van der Waals surface area contributed by atoms with Gasteiger partial charge in [0.25, 0.3) is 5.09 Å². The summed E-state index contributed by atoms with van der Waals surface area (Å²) in [4.78, 5) is 52.0. The van der Waals surface area contributed by atoms with Gasteiger partial charge in [0.2, 0.25) is 0 Å². The molecule has 41 heavy (non-hydrogen) atoms. The smallest absolute Gasteiger partial charge is 0.347 e. The van der Waals surface area contributed by atoms with Crippen molar-refractivity contribution < 1.29 is 38.5 Å². The molecule has 0 unspecified atom stereocenters. The van der Waals surface area contributed by atoms with Crippen LogP contribution in [0.3, 0.4) is 0 Å². The maximum absolute atomic E-state index is 12.7. The van der Waals surface area contributed by atoms with E-state index in [-0.39, 0.29) is 37.4 Å². The van der Waals surface area contributed by atoms with Gasteiger partial charge in [-0.2, -0.15) is 0 Å². The van der Waals surface area contributed by atoms with Gasteiger partial charge in [0.1, 0.15) is 20.9 Å². The Kier molecular flexibility index (Phi) is 14.9. The zero-order valence-electron chi connectivity index (χ0n) is 22.4. The quantitative estimate of drug-likeness (QED) is 0.0282. The number of carbonyl (C=O) groups excluding carboxylic acids is 3. The third-order valence-electron chi connectivity index (χ3n) is 5.01. The Bertz CT molecular complexity index is 1380. The molecule has 0 N–H and O–H groups in total. The topological polar surface area (TPSA) is 131 Å². The van der Waals surface area contributed by atoms with Gasteiger partial charge >= 0.3 is 17.9 Å². The van der Waals surface area contributed by atoms with Crippen molar-refractivity contribution in [3.8, 4) is 21.9 Å². The first-order valence-electron chi connectivity index (χ1n) is 12.5. The van der Waals surface area contributed by atoms with Crippen molar-refractivity contribution in [3.63, 3.8) is 0 Å². The Morgan fingerprint density at radius 2 is 1.56 bits per heavy atom. The number of hydrogen-bond donors (Lipinski definition) is 0. The summed E-state index contributed by atoms with van der Waals surface area (Å²) in [5.74, 6) is -1.72. The molecule has 0 saturated heterocycles. The lowest BCUT2D eigenvalue weighted by Crippen LogP contribution is -2.16. The van der Waals surface area contributed by atoms with E-state index in [1.54, 1.807) is 34.6 Å². The molecule has 2 aromatic carbocycles. The number of nitrogens with zero attached hydrogens (tertiary/aromatic N) is 1. The molecule has 0 atom stereocenters. The van der Waals surface area contributed by atoms with Crippen molar-refractivity contribution in [3.05, 3.63) is 86.3 Å². The standard InChI is InChI=1S/C24H21NO9S3.C4H8/c26-21(31-13-3-4-14-32-25(29)30)11-12-22(27)34-19-6-2-1-5-18(19)24(28)33-17-9-7-16(8-10-17)20-15-23(35)37-36-20;1-3-4-2/h1-2,5-10,15H,3-4,11-14H2;3-4H,1-2H3/b;4-3-. The first-order valence-corrected chi connectivity index (χ1v) is 15.0. The molecule has 0 radical (unpaired) electrons. The second-order valence-electron chi connectivity index (χ2n) is 8.03.